The quantitative estimate of drug-likeness (QED) is 0.169. The number of esters is 1. The van der Waals surface area contributed by atoms with Gasteiger partial charge >= 0.3 is 5.97 Å². The Hall–Kier alpha value is -3.06. The number of likely N-dealkylation sites (tertiary alicyclic amines) is 1. The normalized spacial score (nSPS) is 14.1. The lowest BCUT2D eigenvalue weighted by molar-refractivity contribution is -0.151. The van der Waals surface area contributed by atoms with Crippen molar-refractivity contribution in [3.05, 3.63) is 60.7 Å². The summed E-state index contributed by atoms with van der Waals surface area (Å²) >= 11 is 1.77. The molecule has 196 valence electrons. The first kappa shape index (κ1) is 27.0. The molecule has 1 fully saturated rings. The van der Waals surface area contributed by atoms with Gasteiger partial charge in [-0.2, -0.15) is 0 Å². The van der Waals surface area contributed by atoms with Gasteiger partial charge < -0.3 is 14.2 Å². The number of benzene rings is 2. The third-order valence-electron chi connectivity index (χ3n) is 6.83. The molecule has 1 aromatic heterocycles. The number of aromatic nitrogens is 2. The van der Waals surface area contributed by atoms with Crippen molar-refractivity contribution in [1.29, 1.82) is 0 Å². The number of imidazole rings is 1. The van der Waals surface area contributed by atoms with Crippen molar-refractivity contribution >= 4 is 23.6 Å². The molecule has 1 amide bonds. The van der Waals surface area contributed by atoms with E-state index in [1.165, 1.54) is 5.56 Å². The molecule has 0 saturated carbocycles. The average molecular weight is 520 g/mol. The number of amides is 1. The number of nitrogens with zero attached hydrogens (tertiary/aromatic N) is 3. The summed E-state index contributed by atoms with van der Waals surface area (Å²) in [4.78, 5) is 31.6. The van der Waals surface area contributed by atoms with Crippen LogP contribution < -0.4 is 0 Å². The molecule has 6 nitrogen and oxygen atoms in total. The predicted molar refractivity (Wildman–Crippen MR) is 149 cm³/mol. The number of hydrogen-bond acceptors (Lipinski definition) is 5. The van der Waals surface area contributed by atoms with Crippen LogP contribution in [0.4, 0.5) is 0 Å². The maximum Gasteiger partial charge on any atom is 0.309 e. The number of carbonyl (C=O) groups excluding carboxylic acids is 2. The Labute approximate surface area is 224 Å². The van der Waals surface area contributed by atoms with Crippen molar-refractivity contribution in [2.45, 2.75) is 57.7 Å². The Balaban J connectivity index is 1.32. The van der Waals surface area contributed by atoms with E-state index in [0.29, 0.717) is 39.0 Å². The summed E-state index contributed by atoms with van der Waals surface area (Å²) < 4.78 is 7.44. The van der Waals surface area contributed by atoms with E-state index in [9.17, 15) is 9.59 Å². The molecule has 4 rings (SSSR count). The Morgan fingerprint density at radius 1 is 0.946 bits per heavy atom. The Bertz CT molecular complexity index is 1160. The molecule has 0 aliphatic carbocycles. The first-order valence-corrected chi connectivity index (χ1v) is 14.4. The topological polar surface area (TPSA) is 64.4 Å². The van der Waals surface area contributed by atoms with Crippen LogP contribution in [0.5, 0.6) is 0 Å². The largest absolute Gasteiger partial charge is 0.466 e. The van der Waals surface area contributed by atoms with Crippen molar-refractivity contribution in [2.24, 2.45) is 5.92 Å². The number of hydrogen-bond donors (Lipinski definition) is 0. The molecule has 2 heterocycles. The molecule has 1 saturated heterocycles. The molecule has 0 atom stereocenters. The van der Waals surface area contributed by atoms with Crippen molar-refractivity contribution in [1.82, 2.24) is 14.5 Å². The van der Waals surface area contributed by atoms with Crippen molar-refractivity contribution in [2.75, 3.05) is 25.4 Å². The fraction of sp³-hybridized carbons (Fsp3) is 0.433. The summed E-state index contributed by atoms with van der Waals surface area (Å²) in [7, 11) is 0. The number of thioether (sulfide) groups is 1. The molecule has 7 heteroatoms. The van der Waals surface area contributed by atoms with Crippen LogP contribution in [0.3, 0.4) is 0 Å². The third-order valence-corrected chi connectivity index (χ3v) is 7.89. The van der Waals surface area contributed by atoms with E-state index in [1.807, 2.05) is 24.0 Å². The molecule has 1 aliphatic heterocycles. The van der Waals surface area contributed by atoms with Gasteiger partial charge in [0.25, 0.3) is 0 Å². The van der Waals surface area contributed by atoms with E-state index in [1.54, 1.807) is 11.8 Å². The summed E-state index contributed by atoms with van der Waals surface area (Å²) in [5, 5.41) is 1.02. The van der Waals surface area contributed by atoms with Crippen LogP contribution in [0.15, 0.2) is 65.8 Å². The lowest BCUT2D eigenvalue weighted by Crippen LogP contribution is -2.40. The molecule has 3 aromatic rings. The van der Waals surface area contributed by atoms with Crippen molar-refractivity contribution in [3.63, 3.8) is 0 Å². The summed E-state index contributed by atoms with van der Waals surface area (Å²) in [6.45, 7) is 6.54. The first-order chi connectivity index (χ1) is 18.1. The second kappa shape index (κ2) is 13.5. The summed E-state index contributed by atoms with van der Waals surface area (Å²) in [5.41, 5.74) is 4.45. The molecule has 0 spiro atoms. The van der Waals surface area contributed by atoms with Gasteiger partial charge in [-0.05, 0) is 39.5 Å². The van der Waals surface area contributed by atoms with E-state index < -0.39 is 0 Å². The number of carbonyl (C=O) groups is 2. The van der Waals surface area contributed by atoms with Gasteiger partial charge in [-0.25, -0.2) is 4.98 Å². The molecule has 0 bridgehead atoms. The molecule has 1 aliphatic rings. The minimum atomic E-state index is -0.122. The van der Waals surface area contributed by atoms with Gasteiger partial charge in [0.2, 0.25) is 5.91 Å². The summed E-state index contributed by atoms with van der Waals surface area (Å²) in [6.07, 6.45) is 3.76. The van der Waals surface area contributed by atoms with Crippen LogP contribution in [0, 0.1) is 5.92 Å². The average Bonchev–Trinajstić information content (AvgIpc) is 3.32. The maximum atomic E-state index is 12.7. The van der Waals surface area contributed by atoms with E-state index in [4.69, 9.17) is 9.72 Å². The van der Waals surface area contributed by atoms with E-state index >= 15 is 0 Å². The van der Waals surface area contributed by atoms with Crippen LogP contribution in [0.25, 0.3) is 22.5 Å². The lowest BCUT2D eigenvalue weighted by Gasteiger charge is -2.31. The SMILES string of the molecule is CCOC(=O)C1CCN(C(=O)CCCCSc2nc(-c3ccccc3)c(-c3ccccc3)n2CC)CC1. The van der Waals surface area contributed by atoms with E-state index in [-0.39, 0.29) is 17.8 Å². The molecular weight excluding hydrogens is 482 g/mol. The fourth-order valence-electron chi connectivity index (χ4n) is 4.85. The second-order valence-corrected chi connectivity index (χ2v) is 10.3. The monoisotopic (exact) mass is 519 g/mol. The van der Waals surface area contributed by atoms with Crippen molar-refractivity contribution < 1.29 is 14.3 Å². The van der Waals surface area contributed by atoms with Crippen LogP contribution >= 0.6 is 11.8 Å². The predicted octanol–water partition coefficient (Wildman–Crippen LogP) is 6.30. The molecule has 2 aromatic carbocycles. The highest BCUT2D eigenvalue weighted by atomic mass is 32.2. The number of ether oxygens (including phenoxy) is 1. The Kier molecular flexibility index (Phi) is 9.83. The van der Waals surface area contributed by atoms with Gasteiger partial charge in [-0.3, -0.25) is 9.59 Å². The minimum absolute atomic E-state index is 0.0655. The fourth-order valence-corrected chi connectivity index (χ4v) is 5.91. The van der Waals surface area contributed by atoms with E-state index in [0.717, 1.165) is 47.2 Å². The molecular formula is C30H37N3O3S. The van der Waals surface area contributed by atoms with Gasteiger partial charge in [0.05, 0.1) is 23.9 Å². The van der Waals surface area contributed by atoms with Crippen LogP contribution in [0.1, 0.15) is 46.0 Å². The molecule has 0 unspecified atom stereocenters. The molecule has 0 N–H and O–H groups in total. The third kappa shape index (κ3) is 6.83. The summed E-state index contributed by atoms with van der Waals surface area (Å²) in [6, 6.07) is 20.8. The van der Waals surface area contributed by atoms with Crippen LogP contribution in [0.2, 0.25) is 0 Å². The number of piperidine rings is 1. The van der Waals surface area contributed by atoms with Crippen LogP contribution in [-0.4, -0.2) is 51.8 Å². The second-order valence-electron chi connectivity index (χ2n) is 9.28. The zero-order chi connectivity index (χ0) is 26.0. The van der Waals surface area contributed by atoms with Gasteiger partial charge in [0.15, 0.2) is 5.16 Å². The lowest BCUT2D eigenvalue weighted by atomic mass is 9.96. The highest BCUT2D eigenvalue weighted by molar-refractivity contribution is 7.99. The van der Waals surface area contributed by atoms with Crippen LogP contribution in [-0.2, 0) is 20.9 Å². The minimum Gasteiger partial charge on any atom is -0.466 e. The van der Waals surface area contributed by atoms with E-state index in [2.05, 4.69) is 60.0 Å². The smallest absolute Gasteiger partial charge is 0.309 e. The highest BCUT2D eigenvalue weighted by Gasteiger charge is 2.28. The van der Waals surface area contributed by atoms with Gasteiger partial charge in [0, 0.05) is 42.9 Å². The van der Waals surface area contributed by atoms with Gasteiger partial charge in [-0.1, -0.05) is 72.4 Å². The number of unbranched alkanes of at least 4 members (excludes halogenated alkanes) is 1. The van der Waals surface area contributed by atoms with Gasteiger partial charge in [-0.15, -0.1) is 0 Å². The van der Waals surface area contributed by atoms with Gasteiger partial charge in [0.1, 0.15) is 0 Å². The molecule has 37 heavy (non-hydrogen) atoms. The first-order valence-electron chi connectivity index (χ1n) is 13.4. The Morgan fingerprint density at radius 3 is 2.22 bits per heavy atom. The zero-order valence-corrected chi connectivity index (χ0v) is 22.7. The number of rotatable bonds is 11. The summed E-state index contributed by atoms with van der Waals surface area (Å²) in [5.74, 6) is 0.921. The zero-order valence-electron chi connectivity index (χ0n) is 21.9. The maximum absolute atomic E-state index is 12.7. The van der Waals surface area contributed by atoms with Crippen molar-refractivity contribution in [3.8, 4) is 22.5 Å². The Morgan fingerprint density at radius 2 is 1.59 bits per heavy atom. The molecule has 0 radical (unpaired) electrons. The highest BCUT2D eigenvalue weighted by Crippen LogP contribution is 2.36. The standard InChI is InChI=1S/C30H37N3O3S/c1-3-33-28(24-15-9-6-10-16-24)27(23-13-7-5-8-14-23)31-30(33)37-22-12-11-17-26(34)32-20-18-25(19-21-32)29(35)36-4-2/h5-10,13-16,25H,3-4,11-12,17-22H2,1-2H3.